The number of halogens is 2. The highest BCUT2D eigenvalue weighted by molar-refractivity contribution is 7.99. The fourth-order valence-corrected chi connectivity index (χ4v) is 2.03. The molecule has 1 aromatic rings. The van der Waals surface area contributed by atoms with Crippen molar-refractivity contribution in [1.29, 1.82) is 0 Å². The van der Waals surface area contributed by atoms with Gasteiger partial charge in [-0.15, -0.1) is 0 Å². The van der Waals surface area contributed by atoms with E-state index in [0.29, 0.717) is 22.4 Å². The summed E-state index contributed by atoms with van der Waals surface area (Å²) in [5.74, 6) is 2.06. The van der Waals surface area contributed by atoms with Crippen molar-refractivity contribution in [2.75, 3.05) is 24.7 Å². The van der Waals surface area contributed by atoms with Crippen LogP contribution >= 0.6 is 35.0 Å². The van der Waals surface area contributed by atoms with Crippen molar-refractivity contribution in [2.24, 2.45) is 0 Å². The molecule has 0 spiro atoms. The number of aliphatic hydroxyl groups excluding tert-OH is 1. The average molecular weight is 267 g/mol. The SMILES string of the molecule is OCCSCCOc1c(Cl)cccc1Cl. The van der Waals surface area contributed by atoms with Gasteiger partial charge < -0.3 is 9.84 Å². The number of para-hydroxylation sites is 1. The van der Waals surface area contributed by atoms with E-state index < -0.39 is 0 Å². The van der Waals surface area contributed by atoms with Crippen molar-refractivity contribution in [1.82, 2.24) is 0 Å². The summed E-state index contributed by atoms with van der Waals surface area (Å²) < 4.78 is 5.45. The molecule has 15 heavy (non-hydrogen) atoms. The molecule has 0 radical (unpaired) electrons. The monoisotopic (exact) mass is 266 g/mol. The molecule has 0 saturated carbocycles. The summed E-state index contributed by atoms with van der Waals surface area (Å²) in [4.78, 5) is 0. The molecule has 0 heterocycles. The maximum Gasteiger partial charge on any atom is 0.156 e. The molecule has 0 aliphatic carbocycles. The second kappa shape index (κ2) is 7.23. The summed E-state index contributed by atoms with van der Waals surface area (Å²) in [6.45, 7) is 0.728. The molecule has 1 rings (SSSR count). The Morgan fingerprint density at radius 3 is 2.47 bits per heavy atom. The highest BCUT2D eigenvalue weighted by Gasteiger charge is 2.05. The number of benzene rings is 1. The number of ether oxygens (including phenoxy) is 1. The van der Waals surface area contributed by atoms with E-state index in [1.54, 1.807) is 30.0 Å². The van der Waals surface area contributed by atoms with Gasteiger partial charge in [0.25, 0.3) is 0 Å². The Morgan fingerprint density at radius 2 is 1.87 bits per heavy atom. The van der Waals surface area contributed by atoms with Gasteiger partial charge in [-0.25, -0.2) is 0 Å². The second-order valence-corrected chi connectivity index (χ2v) is 4.77. The van der Waals surface area contributed by atoms with Gasteiger partial charge in [-0.2, -0.15) is 11.8 Å². The minimum atomic E-state index is 0.192. The third-order valence-corrected chi connectivity index (χ3v) is 3.15. The molecule has 1 N–H and O–H groups in total. The van der Waals surface area contributed by atoms with E-state index in [0.717, 1.165) is 11.5 Å². The van der Waals surface area contributed by atoms with Gasteiger partial charge in [-0.1, -0.05) is 29.3 Å². The van der Waals surface area contributed by atoms with Crippen LogP contribution < -0.4 is 4.74 Å². The largest absolute Gasteiger partial charge is 0.490 e. The third kappa shape index (κ3) is 4.51. The molecule has 0 atom stereocenters. The zero-order valence-electron chi connectivity index (χ0n) is 8.08. The summed E-state index contributed by atoms with van der Waals surface area (Å²) in [6, 6.07) is 5.26. The Morgan fingerprint density at radius 1 is 1.20 bits per heavy atom. The molecule has 0 amide bonds. The van der Waals surface area contributed by atoms with E-state index in [2.05, 4.69) is 0 Å². The number of rotatable bonds is 6. The molecule has 0 aromatic heterocycles. The summed E-state index contributed by atoms with van der Waals surface area (Å²) in [7, 11) is 0. The molecular formula is C10H12Cl2O2S. The summed E-state index contributed by atoms with van der Waals surface area (Å²) in [6.07, 6.45) is 0. The quantitative estimate of drug-likeness (QED) is 0.803. The first-order valence-electron chi connectivity index (χ1n) is 4.51. The van der Waals surface area contributed by atoms with E-state index in [1.807, 2.05) is 0 Å². The molecule has 84 valence electrons. The van der Waals surface area contributed by atoms with Gasteiger partial charge in [0.15, 0.2) is 5.75 Å². The van der Waals surface area contributed by atoms with E-state index >= 15 is 0 Å². The molecule has 0 unspecified atom stereocenters. The standard InChI is InChI=1S/C10H12Cl2O2S/c11-8-2-1-3-9(12)10(8)14-5-7-15-6-4-13/h1-3,13H,4-7H2. The van der Waals surface area contributed by atoms with Crippen molar-refractivity contribution in [2.45, 2.75) is 0 Å². The minimum absolute atomic E-state index is 0.192. The Balaban J connectivity index is 2.37. The van der Waals surface area contributed by atoms with E-state index in [-0.39, 0.29) is 6.61 Å². The van der Waals surface area contributed by atoms with Gasteiger partial charge in [0.1, 0.15) is 0 Å². The van der Waals surface area contributed by atoms with Crippen LogP contribution in [0.25, 0.3) is 0 Å². The summed E-state index contributed by atoms with van der Waals surface area (Å²) in [5, 5.41) is 9.61. The molecule has 1 aromatic carbocycles. The smallest absolute Gasteiger partial charge is 0.156 e. The topological polar surface area (TPSA) is 29.5 Å². The highest BCUT2D eigenvalue weighted by atomic mass is 35.5. The molecule has 0 saturated heterocycles. The lowest BCUT2D eigenvalue weighted by atomic mass is 10.3. The molecule has 2 nitrogen and oxygen atoms in total. The van der Waals surface area contributed by atoms with Gasteiger partial charge in [0, 0.05) is 11.5 Å². The van der Waals surface area contributed by atoms with Crippen LogP contribution in [-0.4, -0.2) is 29.8 Å². The molecule has 0 aliphatic rings. The molecular weight excluding hydrogens is 255 g/mol. The minimum Gasteiger partial charge on any atom is -0.490 e. The van der Waals surface area contributed by atoms with Crippen molar-refractivity contribution in [3.63, 3.8) is 0 Å². The zero-order chi connectivity index (χ0) is 11.1. The van der Waals surface area contributed by atoms with Crippen LogP contribution in [0.3, 0.4) is 0 Å². The highest BCUT2D eigenvalue weighted by Crippen LogP contribution is 2.32. The lowest BCUT2D eigenvalue weighted by Crippen LogP contribution is -2.02. The lowest BCUT2D eigenvalue weighted by molar-refractivity contribution is 0.321. The Kier molecular flexibility index (Phi) is 6.25. The van der Waals surface area contributed by atoms with Crippen molar-refractivity contribution in [3.8, 4) is 5.75 Å². The van der Waals surface area contributed by atoms with Crippen molar-refractivity contribution in [3.05, 3.63) is 28.2 Å². The number of thioether (sulfide) groups is 1. The molecule has 0 fully saturated rings. The van der Waals surface area contributed by atoms with Crippen molar-refractivity contribution < 1.29 is 9.84 Å². The summed E-state index contributed by atoms with van der Waals surface area (Å²) >= 11 is 13.4. The number of hydrogen-bond donors (Lipinski definition) is 1. The van der Waals surface area contributed by atoms with E-state index in [4.69, 9.17) is 33.0 Å². The van der Waals surface area contributed by atoms with Gasteiger partial charge >= 0.3 is 0 Å². The van der Waals surface area contributed by atoms with Crippen LogP contribution in [-0.2, 0) is 0 Å². The van der Waals surface area contributed by atoms with Crippen LogP contribution in [0, 0.1) is 0 Å². The van der Waals surface area contributed by atoms with E-state index in [1.165, 1.54) is 0 Å². The second-order valence-electron chi connectivity index (χ2n) is 2.74. The fraction of sp³-hybridized carbons (Fsp3) is 0.400. The van der Waals surface area contributed by atoms with Crippen LogP contribution in [0.2, 0.25) is 10.0 Å². The summed E-state index contributed by atoms with van der Waals surface area (Å²) in [5.41, 5.74) is 0. The van der Waals surface area contributed by atoms with Gasteiger partial charge in [0.05, 0.1) is 23.3 Å². The lowest BCUT2D eigenvalue weighted by Gasteiger charge is -2.08. The fourth-order valence-electron chi connectivity index (χ4n) is 0.990. The van der Waals surface area contributed by atoms with Crippen LogP contribution in [0.4, 0.5) is 0 Å². The first-order chi connectivity index (χ1) is 7.25. The van der Waals surface area contributed by atoms with E-state index in [9.17, 15) is 0 Å². The van der Waals surface area contributed by atoms with Crippen molar-refractivity contribution >= 4 is 35.0 Å². The number of aliphatic hydroxyl groups is 1. The Bertz CT molecular complexity index is 287. The normalized spacial score (nSPS) is 10.3. The van der Waals surface area contributed by atoms with Crippen LogP contribution in [0.5, 0.6) is 5.75 Å². The Hall–Kier alpha value is -0.0900. The predicted octanol–water partition coefficient (Wildman–Crippen LogP) is 3.10. The Labute approximate surface area is 104 Å². The van der Waals surface area contributed by atoms with Gasteiger partial charge in [-0.05, 0) is 12.1 Å². The first-order valence-corrected chi connectivity index (χ1v) is 6.42. The molecule has 0 bridgehead atoms. The predicted molar refractivity (Wildman–Crippen MR) is 66.4 cm³/mol. The maximum atomic E-state index is 8.57. The third-order valence-electron chi connectivity index (χ3n) is 1.63. The molecule has 0 aliphatic heterocycles. The number of hydrogen-bond acceptors (Lipinski definition) is 3. The first kappa shape index (κ1) is 13.0. The van der Waals surface area contributed by atoms with Gasteiger partial charge in [0.2, 0.25) is 0 Å². The zero-order valence-corrected chi connectivity index (χ0v) is 10.4. The molecule has 5 heteroatoms. The average Bonchev–Trinajstić information content (AvgIpc) is 2.21. The van der Waals surface area contributed by atoms with Crippen LogP contribution in [0.1, 0.15) is 0 Å². The van der Waals surface area contributed by atoms with Crippen LogP contribution in [0.15, 0.2) is 18.2 Å². The maximum absolute atomic E-state index is 8.57. The van der Waals surface area contributed by atoms with Gasteiger partial charge in [-0.3, -0.25) is 0 Å².